The summed E-state index contributed by atoms with van der Waals surface area (Å²) in [6.07, 6.45) is 3.34. The highest BCUT2D eigenvalue weighted by Gasteiger charge is 2.37. The first-order chi connectivity index (χ1) is 17.6. The van der Waals surface area contributed by atoms with Crippen LogP contribution >= 0.6 is 11.6 Å². The van der Waals surface area contributed by atoms with Crippen molar-refractivity contribution in [2.75, 3.05) is 16.6 Å². The number of halogens is 2. The molecule has 0 spiro atoms. The van der Waals surface area contributed by atoms with Crippen LogP contribution in [0.3, 0.4) is 0 Å². The van der Waals surface area contributed by atoms with Crippen LogP contribution in [-0.4, -0.2) is 57.4 Å². The molecule has 14 heteroatoms. The fourth-order valence-corrected chi connectivity index (χ4v) is 5.46. The average Bonchev–Trinajstić information content (AvgIpc) is 3.76. The predicted octanol–water partition coefficient (Wildman–Crippen LogP) is 4.18. The molecule has 0 aliphatic heterocycles. The van der Waals surface area contributed by atoms with Gasteiger partial charge in [-0.3, -0.25) is 4.72 Å². The number of carboxylic acid groups (broad SMARTS) is 1. The highest BCUT2D eigenvalue weighted by atomic mass is 35.5. The molecule has 2 aliphatic carbocycles. The second-order valence-corrected chi connectivity index (χ2v) is 11.7. The van der Waals surface area contributed by atoms with Crippen molar-refractivity contribution in [2.45, 2.75) is 49.8 Å². The van der Waals surface area contributed by atoms with Crippen LogP contribution in [0.1, 0.15) is 44.3 Å². The summed E-state index contributed by atoms with van der Waals surface area (Å²) >= 11 is 6.29. The number of anilines is 2. The van der Waals surface area contributed by atoms with Gasteiger partial charge >= 0.3 is 6.09 Å². The lowest BCUT2D eigenvalue weighted by Crippen LogP contribution is -2.36. The maximum atomic E-state index is 15.7. The molecule has 2 aliphatic rings. The first kappa shape index (κ1) is 25.2. The van der Waals surface area contributed by atoms with Gasteiger partial charge in [0.2, 0.25) is 16.0 Å². The minimum absolute atomic E-state index is 0.0338. The molecule has 37 heavy (non-hydrogen) atoms. The van der Waals surface area contributed by atoms with Crippen LogP contribution in [0.15, 0.2) is 24.4 Å². The van der Waals surface area contributed by atoms with Crippen LogP contribution in [0.25, 0.3) is 22.6 Å². The molecule has 0 bridgehead atoms. The molecule has 1 unspecified atom stereocenters. The Balaban J connectivity index is 1.51. The standard InChI is InChI=1S/C23H25ClFN7O4S/c1-11(28-23(33)34)10-27-22-26-7-6-16(29-22)20-19(30-21(31-20)12-2-3-12)15-8-13(24)9-17(18(15)25)32-37(35,36)14-4-5-14/h6-9,11-12,14,28,32H,2-5,10H2,1H3,(H,30,31)(H,33,34)(H,26,27,29). The largest absolute Gasteiger partial charge is 0.465 e. The van der Waals surface area contributed by atoms with E-state index in [9.17, 15) is 13.2 Å². The summed E-state index contributed by atoms with van der Waals surface area (Å²) in [6, 6.07) is 3.89. The molecule has 5 N–H and O–H groups in total. The topological polar surface area (TPSA) is 162 Å². The number of benzene rings is 1. The van der Waals surface area contributed by atoms with E-state index < -0.39 is 33.2 Å². The van der Waals surface area contributed by atoms with E-state index in [4.69, 9.17) is 16.7 Å². The molecular weight excluding hydrogens is 525 g/mol. The fourth-order valence-electron chi connectivity index (χ4n) is 3.86. The zero-order chi connectivity index (χ0) is 26.3. The number of hydrogen-bond acceptors (Lipinski definition) is 7. The first-order valence-corrected chi connectivity index (χ1v) is 13.7. The summed E-state index contributed by atoms with van der Waals surface area (Å²) in [6.45, 7) is 1.93. The Kier molecular flexibility index (Phi) is 6.67. The predicted molar refractivity (Wildman–Crippen MR) is 137 cm³/mol. The third-order valence-electron chi connectivity index (χ3n) is 6.04. The SMILES string of the molecule is CC(CNc1nccc(-c2[nH]c(C3CC3)nc2-c2cc(Cl)cc(NS(=O)(=O)C3CC3)c2F)n1)NC(=O)O. The Labute approximate surface area is 217 Å². The van der Waals surface area contributed by atoms with Gasteiger partial charge in [-0.1, -0.05) is 11.6 Å². The zero-order valence-electron chi connectivity index (χ0n) is 19.8. The van der Waals surface area contributed by atoms with Crippen molar-refractivity contribution in [3.8, 4) is 22.6 Å². The van der Waals surface area contributed by atoms with E-state index >= 15 is 4.39 Å². The van der Waals surface area contributed by atoms with Crippen LogP contribution in [0.5, 0.6) is 0 Å². The maximum Gasteiger partial charge on any atom is 0.404 e. The van der Waals surface area contributed by atoms with Crippen molar-refractivity contribution < 1.29 is 22.7 Å². The van der Waals surface area contributed by atoms with Gasteiger partial charge in [0.25, 0.3) is 0 Å². The van der Waals surface area contributed by atoms with Gasteiger partial charge in [-0.2, -0.15) is 0 Å². The molecule has 2 aromatic heterocycles. The van der Waals surface area contributed by atoms with Gasteiger partial charge in [0.1, 0.15) is 11.5 Å². The van der Waals surface area contributed by atoms with Crippen LogP contribution in [0.2, 0.25) is 5.02 Å². The summed E-state index contributed by atoms with van der Waals surface area (Å²) in [5.41, 5.74) is 0.902. The highest BCUT2D eigenvalue weighted by Crippen LogP contribution is 2.43. The van der Waals surface area contributed by atoms with Crippen molar-refractivity contribution in [1.29, 1.82) is 0 Å². The molecule has 196 valence electrons. The fraction of sp³-hybridized carbons (Fsp3) is 0.391. The van der Waals surface area contributed by atoms with E-state index in [2.05, 4.69) is 35.3 Å². The molecule has 1 aromatic carbocycles. The summed E-state index contributed by atoms with van der Waals surface area (Å²) in [5.74, 6) is 0.348. The van der Waals surface area contributed by atoms with Crippen LogP contribution < -0.4 is 15.4 Å². The second kappa shape index (κ2) is 9.78. The number of amides is 1. The first-order valence-electron chi connectivity index (χ1n) is 11.8. The molecule has 11 nitrogen and oxygen atoms in total. The van der Waals surface area contributed by atoms with Crippen molar-refractivity contribution in [1.82, 2.24) is 25.3 Å². The normalized spacial score (nSPS) is 16.3. The third-order valence-corrected chi connectivity index (χ3v) is 8.11. The molecule has 1 atom stereocenters. The quantitative estimate of drug-likeness (QED) is 0.251. The number of H-pyrrole nitrogens is 1. The number of nitrogens with zero attached hydrogens (tertiary/aromatic N) is 3. The number of sulfonamides is 1. The van der Waals surface area contributed by atoms with E-state index in [1.165, 1.54) is 18.3 Å². The molecule has 0 radical (unpaired) electrons. The van der Waals surface area contributed by atoms with Gasteiger partial charge in [-0.15, -0.1) is 0 Å². The Bertz CT molecular complexity index is 1460. The Morgan fingerprint density at radius 2 is 2.03 bits per heavy atom. The Morgan fingerprint density at radius 3 is 2.70 bits per heavy atom. The summed E-state index contributed by atoms with van der Waals surface area (Å²) < 4.78 is 43.0. The number of rotatable bonds is 10. The molecule has 2 saturated carbocycles. The summed E-state index contributed by atoms with van der Waals surface area (Å²) in [4.78, 5) is 27.4. The van der Waals surface area contributed by atoms with Gasteiger partial charge in [-0.25, -0.2) is 32.6 Å². The van der Waals surface area contributed by atoms with E-state index in [0.717, 1.165) is 12.8 Å². The van der Waals surface area contributed by atoms with Gasteiger partial charge < -0.3 is 20.7 Å². The number of nitrogens with one attached hydrogen (secondary N) is 4. The number of aromatic nitrogens is 4. The molecule has 2 fully saturated rings. The maximum absolute atomic E-state index is 15.7. The monoisotopic (exact) mass is 549 g/mol. The third kappa shape index (κ3) is 5.77. The van der Waals surface area contributed by atoms with Crippen LogP contribution in [0, 0.1) is 5.82 Å². The smallest absolute Gasteiger partial charge is 0.404 e. The minimum atomic E-state index is -3.71. The molecular formula is C23H25ClFN7O4S. The number of hydrogen-bond donors (Lipinski definition) is 5. The van der Waals surface area contributed by atoms with Crippen molar-refractivity contribution >= 4 is 39.4 Å². The minimum Gasteiger partial charge on any atom is -0.465 e. The Hall–Kier alpha value is -3.45. The molecule has 0 saturated heterocycles. The molecule has 2 heterocycles. The second-order valence-electron chi connectivity index (χ2n) is 9.28. The van der Waals surface area contributed by atoms with Crippen molar-refractivity contribution in [3.63, 3.8) is 0 Å². The number of aromatic amines is 1. The summed E-state index contributed by atoms with van der Waals surface area (Å²) in [7, 11) is -3.71. The van der Waals surface area contributed by atoms with Gasteiger partial charge in [0, 0.05) is 35.3 Å². The zero-order valence-corrected chi connectivity index (χ0v) is 21.3. The average molecular weight is 550 g/mol. The molecule has 3 aromatic rings. The van der Waals surface area contributed by atoms with E-state index in [0.29, 0.717) is 30.1 Å². The van der Waals surface area contributed by atoms with Crippen LogP contribution in [0.4, 0.5) is 20.8 Å². The Morgan fingerprint density at radius 1 is 1.27 bits per heavy atom. The summed E-state index contributed by atoms with van der Waals surface area (Å²) in [5, 5.41) is 13.8. The van der Waals surface area contributed by atoms with Gasteiger partial charge in [0.15, 0.2) is 5.82 Å². The van der Waals surface area contributed by atoms with Gasteiger partial charge in [-0.05, 0) is 50.8 Å². The number of imidazole rings is 1. The van der Waals surface area contributed by atoms with E-state index in [1.807, 2.05) is 0 Å². The molecule has 5 rings (SSSR count). The lowest BCUT2D eigenvalue weighted by Gasteiger charge is -2.13. The highest BCUT2D eigenvalue weighted by molar-refractivity contribution is 7.93. The lowest BCUT2D eigenvalue weighted by atomic mass is 10.1. The van der Waals surface area contributed by atoms with E-state index in [1.54, 1.807) is 13.0 Å². The van der Waals surface area contributed by atoms with Gasteiger partial charge in [0.05, 0.1) is 22.3 Å². The molecule has 1 amide bonds. The van der Waals surface area contributed by atoms with Crippen LogP contribution in [-0.2, 0) is 10.0 Å². The lowest BCUT2D eigenvalue weighted by molar-refractivity contribution is 0.191. The van der Waals surface area contributed by atoms with Crippen molar-refractivity contribution in [3.05, 3.63) is 41.1 Å². The van der Waals surface area contributed by atoms with E-state index in [-0.39, 0.29) is 40.4 Å². The number of carbonyl (C=O) groups is 1. The van der Waals surface area contributed by atoms with Crippen molar-refractivity contribution in [2.24, 2.45) is 0 Å².